The van der Waals surface area contributed by atoms with Crippen molar-refractivity contribution in [3.8, 4) is 0 Å². The van der Waals surface area contributed by atoms with Crippen LogP contribution >= 0.6 is 31.9 Å². The minimum atomic E-state index is -0.430. The van der Waals surface area contributed by atoms with E-state index in [2.05, 4.69) is 37.2 Å². The maximum Gasteiger partial charge on any atom is 0.249 e. The number of nitrogens with zero attached hydrogens (tertiary/aromatic N) is 1. The zero-order valence-electron chi connectivity index (χ0n) is 11.2. The molecule has 1 aromatic rings. The van der Waals surface area contributed by atoms with E-state index in [1.807, 2.05) is 25.1 Å². The molecule has 1 saturated heterocycles. The van der Waals surface area contributed by atoms with Gasteiger partial charge in [-0.15, -0.1) is 0 Å². The molecule has 4 nitrogen and oxygen atoms in total. The first-order valence-electron chi connectivity index (χ1n) is 6.58. The Balaban J connectivity index is 2.35. The van der Waals surface area contributed by atoms with E-state index < -0.39 is 6.04 Å². The van der Waals surface area contributed by atoms with Crippen LogP contribution in [0, 0.1) is 0 Å². The number of carbonyl (C=O) groups is 2. The summed E-state index contributed by atoms with van der Waals surface area (Å²) in [6.07, 6.45) is 1.84. The fourth-order valence-corrected chi connectivity index (χ4v) is 3.07. The van der Waals surface area contributed by atoms with Gasteiger partial charge in [0.05, 0.1) is 5.69 Å². The molecule has 0 saturated carbocycles. The van der Waals surface area contributed by atoms with Gasteiger partial charge in [-0.3, -0.25) is 9.59 Å². The average Bonchev–Trinajstić information content (AvgIpc) is 2.54. The molecule has 108 valence electrons. The molecule has 2 amide bonds. The first-order chi connectivity index (χ1) is 9.52. The summed E-state index contributed by atoms with van der Waals surface area (Å²) in [6, 6.07) is 5.26. The molecule has 0 spiro atoms. The van der Waals surface area contributed by atoms with Gasteiger partial charge < -0.3 is 10.2 Å². The lowest BCUT2D eigenvalue weighted by atomic mass is 10.1. The average molecular weight is 404 g/mol. The summed E-state index contributed by atoms with van der Waals surface area (Å²) in [6.45, 7) is 2.41. The zero-order chi connectivity index (χ0) is 14.7. The Bertz CT molecular complexity index is 534. The van der Waals surface area contributed by atoms with Crippen molar-refractivity contribution in [1.82, 2.24) is 5.32 Å². The summed E-state index contributed by atoms with van der Waals surface area (Å²) < 4.78 is 1.75. The zero-order valence-corrected chi connectivity index (χ0v) is 14.3. The van der Waals surface area contributed by atoms with Gasteiger partial charge in [0.25, 0.3) is 0 Å². The van der Waals surface area contributed by atoms with E-state index >= 15 is 0 Å². The maximum atomic E-state index is 12.6. The van der Waals surface area contributed by atoms with E-state index in [0.717, 1.165) is 21.1 Å². The van der Waals surface area contributed by atoms with E-state index in [-0.39, 0.29) is 11.8 Å². The van der Waals surface area contributed by atoms with Crippen LogP contribution in [0.5, 0.6) is 0 Å². The van der Waals surface area contributed by atoms with Crippen molar-refractivity contribution in [2.45, 2.75) is 32.2 Å². The fraction of sp³-hybridized carbons (Fsp3) is 0.429. The topological polar surface area (TPSA) is 49.4 Å². The molecule has 1 aromatic carbocycles. The minimum Gasteiger partial charge on any atom is -0.344 e. The van der Waals surface area contributed by atoms with Gasteiger partial charge in [0.1, 0.15) is 6.04 Å². The van der Waals surface area contributed by atoms with Crippen molar-refractivity contribution in [2.75, 3.05) is 11.4 Å². The molecule has 2 rings (SSSR count). The second-order valence-corrected chi connectivity index (χ2v) is 6.51. The second kappa shape index (κ2) is 6.72. The highest BCUT2D eigenvalue weighted by Gasteiger charge is 2.30. The molecule has 1 aliphatic rings. The van der Waals surface area contributed by atoms with E-state index in [9.17, 15) is 9.59 Å². The third-order valence-electron chi connectivity index (χ3n) is 3.24. The van der Waals surface area contributed by atoms with Gasteiger partial charge in [-0.25, -0.2) is 0 Å². The van der Waals surface area contributed by atoms with Crippen LogP contribution in [0.15, 0.2) is 27.1 Å². The van der Waals surface area contributed by atoms with E-state index in [1.54, 1.807) is 4.90 Å². The van der Waals surface area contributed by atoms with Gasteiger partial charge in [-0.1, -0.05) is 29.3 Å². The summed E-state index contributed by atoms with van der Waals surface area (Å²) in [5.41, 5.74) is 0.793. The number of halogens is 2. The van der Waals surface area contributed by atoms with Crippen LogP contribution in [0.4, 0.5) is 5.69 Å². The van der Waals surface area contributed by atoms with Gasteiger partial charge in [0.15, 0.2) is 0 Å². The van der Waals surface area contributed by atoms with Crippen LogP contribution < -0.4 is 10.2 Å². The number of hydrogen-bond acceptors (Lipinski definition) is 2. The Morgan fingerprint density at radius 3 is 2.80 bits per heavy atom. The van der Waals surface area contributed by atoms with E-state index in [1.165, 1.54) is 0 Å². The van der Waals surface area contributed by atoms with Crippen molar-refractivity contribution >= 4 is 49.4 Å². The fourth-order valence-electron chi connectivity index (χ4n) is 2.26. The van der Waals surface area contributed by atoms with Crippen LogP contribution in [0.3, 0.4) is 0 Å². The number of carbonyl (C=O) groups excluding carboxylic acids is 2. The van der Waals surface area contributed by atoms with Gasteiger partial charge >= 0.3 is 0 Å². The van der Waals surface area contributed by atoms with Crippen molar-refractivity contribution in [1.29, 1.82) is 0 Å². The van der Waals surface area contributed by atoms with Crippen LogP contribution in [-0.2, 0) is 9.59 Å². The molecule has 0 bridgehead atoms. The van der Waals surface area contributed by atoms with Gasteiger partial charge in [0, 0.05) is 21.9 Å². The molecule has 20 heavy (non-hydrogen) atoms. The summed E-state index contributed by atoms with van der Waals surface area (Å²) in [5, 5.41) is 2.81. The minimum absolute atomic E-state index is 0.0449. The highest BCUT2D eigenvalue weighted by molar-refractivity contribution is 9.11. The lowest BCUT2D eigenvalue weighted by Crippen LogP contribution is -2.44. The SMILES string of the molecule is CCCC1NC(=O)CCN(c2cc(Br)ccc2Br)C1=O. The predicted molar refractivity (Wildman–Crippen MR) is 85.7 cm³/mol. The number of nitrogens with one attached hydrogen (secondary N) is 1. The number of amides is 2. The summed E-state index contributed by atoms with van der Waals surface area (Å²) >= 11 is 6.89. The van der Waals surface area contributed by atoms with Crippen molar-refractivity contribution < 1.29 is 9.59 Å². The number of benzene rings is 1. The molecule has 0 radical (unpaired) electrons. The van der Waals surface area contributed by atoms with Crippen LogP contribution in [0.25, 0.3) is 0 Å². The molecule has 1 unspecified atom stereocenters. The largest absolute Gasteiger partial charge is 0.344 e. The van der Waals surface area contributed by atoms with Crippen LogP contribution in [0.2, 0.25) is 0 Å². The Morgan fingerprint density at radius 2 is 2.10 bits per heavy atom. The molecule has 6 heteroatoms. The van der Waals surface area contributed by atoms with Crippen LogP contribution in [0.1, 0.15) is 26.2 Å². The Morgan fingerprint density at radius 1 is 1.35 bits per heavy atom. The van der Waals surface area contributed by atoms with Crippen molar-refractivity contribution in [2.24, 2.45) is 0 Å². The van der Waals surface area contributed by atoms with Crippen molar-refractivity contribution in [3.63, 3.8) is 0 Å². The highest BCUT2D eigenvalue weighted by atomic mass is 79.9. The predicted octanol–water partition coefficient (Wildman–Crippen LogP) is 3.23. The summed E-state index contributed by atoms with van der Waals surface area (Å²) in [7, 11) is 0. The first-order valence-corrected chi connectivity index (χ1v) is 8.17. The quantitative estimate of drug-likeness (QED) is 0.842. The molecule has 0 aromatic heterocycles. The first kappa shape index (κ1) is 15.5. The molecule has 1 heterocycles. The molecule has 1 fully saturated rings. The molecule has 1 atom stereocenters. The van der Waals surface area contributed by atoms with Crippen LogP contribution in [-0.4, -0.2) is 24.4 Å². The number of rotatable bonds is 3. The van der Waals surface area contributed by atoms with Gasteiger partial charge in [-0.05, 0) is 40.5 Å². The lowest BCUT2D eigenvalue weighted by Gasteiger charge is -2.25. The summed E-state index contributed by atoms with van der Waals surface area (Å²) in [5.74, 6) is -0.109. The second-order valence-electron chi connectivity index (χ2n) is 4.74. The Labute approximate surface area is 135 Å². The monoisotopic (exact) mass is 402 g/mol. The number of anilines is 1. The highest BCUT2D eigenvalue weighted by Crippen LogP contribution is 2.31. The number of hydrogen-bond donors (Lipinski definition) is 1. The van der Waals surface area contributed by atoms with Gasteiger partial charge in [0.2, 0.25) is 11.8 Å². The normalized spacial score (nSPS) is 19.8. The summed E-state index contributed by atoms with van der Waals surface area (Å²) in [4.78, 5) is 26.0. The molecular formula is C14H16Br2N2O2. The van der Waals surface area contributed by atoms with Crippen molar-refractivity contribution in [3.05, 3.63) is 27.1 Å². The molecule has 1 N–H and O–H groups in total. The smallest absolute Gasteiger partial charge is 0.249 e. The maximum absolute atomic E-state index is 12.6. The Kier molecular flexibility index (Phi) is 5.21. The standard InChI is InChI=1S/C14H16Br2N2O2/c1-2-3-11-14(20)18(7-6-13(19)17-11)12-8-9(15)4-5-10(12)16/h4-5,8,11H,2-3,6-7H2,1H3,(H,17,19). The van der Waals surface area contributed by atoms with E-state index in [4.69, 9.17) is 0 Å². The third kappa shape index (κ3) is 3.41. The molecule has 1 aliphatic heterocycles. The molecule has 0 aliphatic carbocycles. The third-order valence-corrected chi connectivity index (χ3v) is 4.40. The lowest BCUT2D eigenvalue weighted by molar-refractivity contribution is -0.125. The van der Waals surface area contributed by atoms with Gasteiger partial charge in [-0.2, -0.15) is 0 Å². The Hall–Kier alpha value is -0.880. The molecular weight excluding hydrogens is 388 g/mol. The van der Waals surface area contributed by atoms with E-state index in [0.29, 0.717) is 19.4 Å².